The van der Waals surface area contributed by atoms with Gasteiger partial charge in [-0.2, -0.15) is 0 Å². The fourth-order valence-corrected chi connectivity index (χ4v) is 0.885. The van der Waals surface area contributed by atoms with Crippen LogP contribution in [0.4, 0.5) is 0 Å². The molecular weight excluding hydrogens is 134 g/mol. The van der Waals surface area contributed by atoms with Crippen molar-refractivity contribution in [2.75, 3.05) is 20.6 Å². The van der Waals surface area contributed by atoms with Crippen LogP contribution in [0, 0.1) is 11.3 Å². The van der Waals surface area contributed by atoms with Crippen LogP contribution >= 0.6 is 0 Å². The van der Waals surface area contributed by atoms with Crippen molar-refractivity contribution in [3.05, 3.63) is 0 Å². The normalized spacial score (nSPS) is 15.5. The standard InChI is InChI=1S/C10H23N/c1-9(10(2,3)4)7-8-11(5)6/h9H,7-8H2,1-6H3/t9-/m1/s1. The highest BCUT2D eigenvalue weighted by Gasteiger charge is 2.19. The van der Waals surface area contributed by atoms with Crippen molar-refractivity contribution in [3.63, 3.8) is 0 Å². The zero-order chi connectivity index (χ0) is 9.07. The van der Waals surface area contributed by atoms with E-state index in [1.165, 1.54) is 13.0 Å². The minimum atomic E-state index is 0.468. The molecule has 0 bridgehead atoms. The minimum Gasteiger partial charge on any atom is -0.309 e. The summed E-state index contributed by atoms with van der Waals surface area (Å²) in [5.41, 5.74) is 0.468. The molecular formula is C10H23N. The molecule has 0 aliphatic rings. The van der Waals surface area contributed by atoms with Crippen molar-refractivity contribution >= 4 is 0 Å². The van der Waals surface area contributed by atoms with Gasteiger partial charge in [-0.1, -0.05) is 27.7 Å². The summed E-state index contributed by atoms with van der Waals surface area (Å²) in [5.74, 6) is 0.810. The van der Waals surface area contributed by atoms with E-state index in [0.717, 1.165) is 5.92 Å². The highest BCUT2D eigenvalue weighted by Crippen LogP contribution is 2.27. The van der Waals surface area contributed by atoms with E-state index in [4.69, 9.17) is 0 Å². The van der Waals surface area contributed by atoms with Gasteiger partial charge < -0.3 is 4.90 Å². The number of hydrogen-bond donors (Lipinski definition) is 0. The molecule has 0 N–H and O–H groups in total. The average molecular weight is 157 g/mol. The molecule has 0 aromatic carbocycles. The van der Waals surface area contributed by atoms with Crippen LogP contribution in [0.15, 0.2) is 0 Å². The minimum absolute atomic E-state index is 0.468. The molecule has 11 heavy (non-hydrogen) atoms. The second-order valence-electron chi connectivity index (χ2n) is 4.86. The summed E-state index contributed by atoms with van der Waals surface area (Å²) in [5, 5.41) is 0. The van der Waals surface area contributed by atoms with Crippen LogP contribution in [0.25, 0.3) is 0 Å². The number of rotatable bonds is 3. The maximum absolute atomic E-state index is 2.34. The fraction of sp³-hybridized carbons (Fsp3) is 1.00. The third kappa shape index (κ3) is 5.25. The molecule has 0 saturated heterocycles. The van der Waals surface area contributed by atoms with Crippen molar-refractivity contribution in [1.82, 2.24) is 4.90 Å². The first-order chi connectivity index (χ1) is 4.84. The Kier molecular flexibility index (Phi) is 4.09. The zero-order valence-corrected chi connectivity index (χ0v) is 8.94. The molecule has 0 saturated carbocycles. The van der Waals surface area contributed by atoms with Crippen LogP contribution in [0.1, 0.15) is 34.1 Å². The lowest BCUT2D eigenvalue weighted by molar-refractivity contribution is 0.223. The van der Waals surface area contributed by atoms with Gasteiger partial charge in [-0.25, -0.2) is 0 Å². The van der Waals surface area contributed by atoms with Crippen LogP contribution < -0.4 is 0 Å². The van der Waals surface area contributed by atoms with Crippen molar-refractivity contribution in [2.24, 2.45) is 11.3 Å². The van der Waals surface area contributed by atoms with Crippen molar-refractivity contribution < 1.29 is 0 Å². The second-order valence-corrected chi connectivity index (χ2v) is 4.86. The Morgan fingerprint density at radius 3 is 1.91 bits per heavy atom. The lowest BCUT2D eigenvalue weighted by Gasteiger charge is -2.28. The van der Waals surface area contributed by atoms with Crippen molar-refractivity contribution in [3.8, 4) is 0 Å². The molecule has 0 unspecified atom stereocenters. The monoisotopic (exact) mass is 157 g/mol. The maximum atomic E-state index is 2.34. The molecule has 0 rings (SSSR count). The molecule has 0 heterocycles. The van der Waals surface area contributed by atoms with E-state index < -0.39 is 0 Å². The molecule has 1 atom stereocenters. The Morgan fingerprint density at radius 1 is 1.18 bits per heavy atom. The average Bonchev–Trinajstić information content (AvgIpc) is 1.80. The van der Waals surface area contributed by atoms with Gasteiger partial charge in [0.05, 0.1) is 0 Å². The quantitative estimate of drug-likeness (QED) is 0.608. The van der Waals surface area contributed by atoms with E-state index in [0.29, 0.717) is 5.41 Å². The molecule has 0 aromatic rings. The van der Waals surface area contributed by atoms with E-state index in [1.807, 2.05) is 0 Å². The van der Waals surface area contributed by atoms with Gasteiger partial charge in [0.15, 0.2) is 0 Å². The van der Waals surface area contributed by atoms with Crippen LogP contribution in [0.3, 0.4) is 0 Å². The SMILES string of the molecule is C[C@H](CCN(C)C)C(C)(C)C. The largest absolute Gasteiger partial charge is 0.309 e. The Balaban J connectivity index is 3.61. The van der Waals surface area contributed by atoms with Crippen LogP contribution in [0.5, 0.6) is 0 Å². The topological polar surface area (TPSA) is 3.24 Å². The molecule has 68 valence electrons. The third-order valence-electron chi connectivity index (χ3n) is 2.49. The molecule has 0 aromatic heterocycles. The molecule has 0 amide bonds. The Bertz CT molecular complexity index is 99.9. The van der Waals surface area contributed by atoms with Gasteiger partial charge in [-0.05, 0) is 38.4 Å². The van der Waals surface area contributed by atoms with E-state index in [-0.39, 0.29) is 0 Å². The van der Waals surface area contributed by atoms with E-state index >= 15 is 0 Å². The highest BCUT2D eigenvalue weighted by molar-refractivity contribution is 4.70. The summed E-state index contributed by atoms with van der Waals surface area (Å²) in [4.78, 5) is 2.25. The van der Waals surface area contributed by atoms with E-state index in [2.05, 4.69) is 46.7 Å². The second kappa shape index (κ2) is 4.10. The third-order valence-corrected chi connectivity index (χ3v) is 2.49. The van der Waals surface area contributed by atoms with E-state index in [1.54, 1.807) is 0 Å². The summed E-state index contributed by atoms with van der Waals surface area (Å²) in [7, 11) is 4.27. The predicted octanol–water partition coefficient (Wildman–Crippen LogP) is 2.62. The number of nitrogens with zero attached hydrogens (tertiary/aromatic N) is 1. The van der Waals surface area contributed by atoms with Gasteiger partial charge in [0, 0.05) is 0 Å². The predicted molar refractivity (Wildman–Crippen MR) is 51.8 cm³/mol. The summed E-state index contributed by atoms with van der Waals surface area (Å²) in [6.45, 7) is 10.5. The molecule has 0 aliphatic heterocycles. The van der Waals surface area contributed by atoms with Crippen LogP contribution in [0.2, 0.25) is 0 Å². The summed E-state index contributed by atoms with van der Waals surface area (Å²) in [6.07, 6.45) is 1.30. The van der Waals surface area contributed by atoms with Gasteiger partial charge in [0.25, 0.3) is 0 Å². The zero-order valence-electron chi connectivity index (χ0n) is 8.94. The number of hydrogen-bond acceptors (Lipinski definition) is 1. The molecule has 0 aliphatic carbocycles. The first kappa shape index (κ1) is 11.0. The first-order valence-electron chi connectivity index (χ1n) is 4.48. The van der Waals surface area contributed by atoms with Gasteiger partial charge >= 0.3 is 0 Å². The lowest BCUT2D eigenvalue weighted by Crippen LogP contribution is -2.23. The molecule has 1 nitrogen and oxygen atoms in total. The van der Waals surface area contributed by atoms with E-state index in [9.17, 15) is 0 Å². The fourth-order valence-electron chi connectivity index (χ4n) is 0.885. The molecule has 0 radical (unpaired) electrons. The highest BCUT2D eigenvalue weighted by atomic mass is 15.0. The van der Waals surface area contributed by atoms with Gasteiger partial charge in [-0.15, -0.1) is 0 Å². The summed E-state index contributed by atoms with van der Waals surface area (Å²) in [6, 6.07) is 0. The van der Waals surface area contributed by atoms with Gasteiger partial charge in [0.1, 0.15) is 0 Å². The summed E-state index contributed by atoms with van der Waals surface area (Å²) < 4.78 is 0. The Labute approximate surface area is 71.8 Å². The first-order valence-corrected chi connectivity index (χ1v) is 4.48. The van der Waals surface area contributed by atoms with Crippen molar-refractivity contribution in [2.45, 2.75) is 34.1 Å². The molecule has 0 fully saturated rings. The van der Waals surface area contributed by atoms with Gasteiger partial charge in [-0.3, -0.25) is 0 Å². The lowest BCUT2D eigenvalue weighted by atomic mass is 9.80. The maximum Gasteiger partial charge on any atom is -0.00221 e. The smallest absolute Gasteiger partial charge is 0.00221 e. The van der Waals surface area contributed by atoms with Crippen LogP contribution in [-0.2, 0) is 0 Å². The van der Waals surface area contributed by atoms with Gasteiger partial charge in [0.2, 0.25) is 0 Å². The summed E-state index contributed by atoms with van der Waals surface area (Å²) >= 11 is 0. The van der Waals surface area contributed by atoms with Crippen molar-refractivity contribution in [1.29, 1.82) is 0 Å². The Hall–Kier alpha value is -0.0400. The molecule has 1 heteroatoms. The Morgan fingerprint density at radius 2 is 1.64 bits per heavy atom. The van der Waals surface area contributed by atoms with Crippen LogP contribution in [-0.4, -0.2) is 25.5 Å². The molecule has 0 spiro atoms.